The Morgan fingerprint density at radius 1 is 1.00 bits per heavy atom. The van der Waals surface area contributed by atoms with E-state index in [0.717, 1.165) is 57.9 Å². The van der Waals surface area contributed by atoms with Crippen molar-refractivity contribution in [1.82, 2.24) is 10.6 Å². The first-order valence-corrected chi connectivity index (χ1v) is 9.46. The predicted molar refractivity (Wildman–Crippen MR) is 124 cm³/mol. The van der Waals surface area contributed by atoms with Crippen molar-refractivity contribution in [1.29, 1.82) is 0 Å². The van der Waals surface area contributed by atoms with Gasteiger partial charge in [0.1, 0.15) is 0 Å². The van der Waals surface area contributed by atoms with E-state index in [9.17, 15) is 0 Å². The number of ether oxygens (including phenoxy) is 1. The Morgan fingerprint density at radius 3 is 2.19 bits per heavy atom. The fourth-order valence-corrected chi connectivity index (χ4v) is 2.41. The zero-order valence-electron chi connectivity index (χ0n) is 16.9. The van der Waals surface area contributed by atoms with E-state index in [2.05, 4.69) is 65.8 Å². The summed E-state index contributed by atoms with van der Waals surface area (Å²) in [5.41, 5.74) is 2.62. The van der Waals surface area contributed by atoms with E-state index in [1.165, 1.54) is 17.7 Å². The Morgan fingerprint density at radius 2 is 1.62 bits per heavy atom. The number of anilines is 1. The van der Waals surface area contributed by atoms with Crippen LogP contribution in [0.25, 0.3) is 0 Å². The molecule has 0 amide bonds. The summed E-state index contributed by atoms with van der Waals surface area (Å²) in [6.07, 6.45) is 5.50. The smallest absolute Gasteiger partial charge is 0.190 e. The molecule has 150 valence electrons. The quantitative estimate of drug-likeness (QED) is 0.209. The van der Waals surface area contributed by atoms with Crippen LogP contribution in [0.2, 0.25) is 0 Å². The first-order chi connectivity index (χ1) is 12.2. The number of aliphatic imine (C=N–C) groups is 1. The van der Waals surface area contributed by atoms with Crippen molar-refractivity contribution in [3.05, 3.63) is 29.8 Å². The summed E-state index contributed by atoms with van der Waals surface area (Å²) >= 11 is 0. The fraction of sp³-hybridized carbons (Fsp3) is 0.650. The van der Waals surface area contributed by atoms with Crippen molar-refractivity contribution in [2.75, 3.05) is 52.3 Å². The molecule has 6 heteroatoms. The molecule has 0 radical (unpaired) electrons. The van der Waals surface area contributed by atoms with Gasteiger partial charge >= 0.3 is 0 Å². The molecule has 2 N–H and O–H groups in total. The normalized spacial score (nSPS) is 11.0. The summed E-state index contributed by atoms with van der Waals surface area (Å²) in [6.45, 7) is 5.67. The number of halogens is 1. The molecule has 0 bridgehead atoms. The maximum absolute atomic E-state index is 5.56. The molecule has 0 atom stereocenters. The second-order valence-corrected chi connectivity index (χ2v) is 6.41. The first kappa shape index (κ1) is 25.0. The summed E-state index contributed by atoms with van der Waals surface area (Å²) in [6, 6.07) is 8.76. The Labute approximate surface area is 177 Å². The van der Waals surface area contributed by atoms with Gasteiger partial charge in [-0.2, -0.15) is 0 Å². The lowest BCUT2D eigenvalue weighted by molar-refractivity contribution is 0.129. The zero-order chi connectivity index (χ0) is 18.3. The number of benzene rings is 1. The van der Waals surface area contributed by atoms with Gasteiger partial charge in [-0.25, -0.2) is 0 Å². The molecule has 0 unspecified atom stereocenters. The van der Waals surface area contributed by atoms with E-state index in [1.54, 1.807) is 0 Å². The lowest BCUT2D eigenvalue weighted by atomic mass is 10.1. The largest absolute Gasteiger partial charge is 0.381 e. The van der Waals surface area contributed by atoms with Crippen molar-refractivity contribution in [3.8, 4) is 0 Å². The fourth-order valence-electron chi connectivity index (χ4n) is 2.41. The van der Waals surface area contributed by atoms with Gasteiger partial charge in [0.25, 0.3) is 0 Å². The molecule has 1 aromatic rings. The molecule has 0 saturated carbocycles. The second kappa shape index (κ2) is 16.2. The van der Waals surface area contributed by atoms with Crippen molar-refractivity contribution in [3.63, 3.8) is 0 Å². The SMILES string of the molecule is CCCCOCCCNC(=NC)NCCCc1ccc(N(C)C)cc1.I. The van der Waals surface area contributed by atoms with Crippen LogP contribution < -0.4 is 15.5 Å². The minimum atomic E-state index is 0. The van der Waals surface area contributed by atoms with Crippen LogP contribution in [0.5, 0.6) is 0 Å². The number of aryl methyl sites for hydroxylation is 1. The van der Waals surface area contributed by atoms with Crippen LogP contribution in [0.15, 0.2) is 29.3 Å². The third kappa shape index (κ3) is 11.6. The molecular formula is C20H37IN4O. The highest BCUT2D eigenvalue weighted by Gasteiger charge is 1.99. The molecular weight excluding hydrogens is 439 g/mol. The predicted octanol–water partition coefficient (Wildman–Crippen LogP) is 3.68. The van der Waals surface area contributed by atoms with Gasteiger partial charge in [-0.05, 0) is 43.4 Å². The third-order valence-corrected chi connectivity index (χ3v) is 4.01. The number of unbranched alkanes of at least 4 members (excludes halogenated alkanes) is 1. The van der Waals surface area contributed by atoms with Crippen molar-refractivity contribution in [2.24, 2.45) is 4.99 Å². The number of guanidine groups is 1. The highest BCUT2D eigenvalue weighted by Crippen LogP contribution is 2.13. The second-order valence-electron chi connectivity index (χ2n) is 6.41. The van der Waals surface area contributed by atoms with Crippen LogP contribution in [0, 0.1) is 0 Å². The minimum absolute atomic E-state index is 0. The summed E-state index contributed by atoms with van der Waals surface area (Å²) < 4.78 is 5.56. The molecule has 0 aromatic heterocycles. The molecule has 26 heavy (non-hydrogen) atoms. The third-order valence-electron chi connectivity index (χ3n) is 4.01. The highest BCUT2D eigenvalue weighted by atomic mass is 127. The van der Waals surface area contributed by atoms with Crippen molar-refractivity contribution >= 4 is 35.6 Å². The molecule has 5 nitrogen and oxygen atoms in total. The number of nitrogens with one attached hydrogen (secondary N) is 2. The van der Waals surface area contributed by atoms with Crippen molar-refractivity contribution in [2.45, 2.75) is 39.0 Å². The van der Waals surface area contributed by atoms with Crippen LogP contribution in [-0.4, -0.2) is 53.4 Å². The van der Waals surface area contributed by atoms with E-state index in [-0.39, 0.29) is 24.0 Å². The minimum Gasteiger partial charge on any atom is -0.381 e. The Kier molecular flexibility index (Phi) is 15.5. The topological polar surface area (TPSA) is 48.9 Å². The van der Waals surface area contributed by atoms with Gasteiger partial charge in [-0.1, -0.05) is 25.5 Å². The molecule has 0 aliphatic carbocycles. The van der Waals surface area contributed by atoms with Crippen LogP contribution in [0.4, 0.5) is 5.69 Å². The highest BCUT2D eigenvalue weighted by molar-refractivity contribution is 14.0. The average molecular weight is 476 g/mol. The number of nitrogens with zero attached hydrogens (tertiary/aromatic N) is 2. The maximum atomic E-state index is 5.56. The molecule has 1 rings (SSSR count). The monoisotopic (exact) mass is 476 g/mol. The van der Waals surface area contributed by atoms with Gasteiger partial charge in [0.05, 0.1) is 0 Å². The lowest BCUT2D eigenvalue weighted by Gasteiger charge is -2.13. The Balaban J connectivity index is 0.00000625. The van der Waals surface area contributed by atoms with Gasteiger partial charge in [-0.15, -0.1) is 24.0 Å². The van der Waals surface area contributed by atoms with Gasteiger partial charge < -0.3 is 20.3 Å². The van der Waals surface area contributed by atoms with E-state index < -0.39 is 0 Å². The summed E-state index contributed by atoms with van der Waals surface area (Å²) in [7, 11) is 5.94. The van der Waals surface area contributed by atoms with E-state index in [0.29, 0.717) is 0 Å². The summed E-state index contributed by atoms with van der Waals surface area (Å²) in [5.74, 6) is 0.872. The maximum Gasteiger partial charge on any atom is 0.190 e. The van der Waals surface area contributed by atoms with Crippen LogP contribution >= 0.6 is 24.0 Å². The zero-order valence-corrected chi connectivity index (χ0v) is 19.2. The van der Waals surface area contributed by atoms with E-state index in [4.69, 9.17) is 4.74 Å². The number of hydrogen-bond donors (Lipinski definition) is 2. The Bertz CT molecular complexity index is 477. The first-order valence-electron chi connectivity index (χ1n) is 9.46. The molecule has 0 aliphatic rings. The molecule has 0 fully saturated rings. The summed E-state index contributed by atoms with van der Waals surface area (Å²) in [4.78, 5) is 6.38. The molecule has 0 aliphatic heterocycles. The van der Waals surface area contributed by atoms with Gasteiger partial charge in [0.2, 0.25) is 0 Å². The molecule has 0 spiro atoms. The van der Waals surface area contributed by atoms with E-state index >= 15 is 0 Å². The van der Waals surface area contributed by atoms with Crippen molar-refractivity contribution < 1.29 is 4.74 Å². The van der Waals surface area contributed by atoms with Gasteiger partial charge in [0.15, 0.2) is 5.96 Å². The molecule has 0 heterocycles. The van der Waals surface area contributed by atoms with E-state index in [1.807, 2.05) is 7.05 Å². The molecule has 1 aromatic carbocycles. The van der Waals surface area contributed by atoms with Gasteiger partial charge in [0, 0.05) is 53.1 Å². The number of rotatable bonds is 12. The lowest BCUT2D eigenvalue weighted by Crippen LogP contribution is -2.38. The van der Waals surface area contributed by atoms with Crippen LogP contribution in [0.3, 0.4) is 0 Å². The number of hydrogen-bond acceptors (Lipinski definition) is 3. The standard InChI is InChI=1S/C20H36N4O.HI/c1-5-6-16-25-17-8-15-23-20(21-2)22-14-7-9-18-10-12-19(13-11-18)24(3)4;/h10-13H,5-9,14-17H2,1-4H3,(H2,21,22,23);1H. The average Bonchev–Trinajstić information content (AvgIpc) is 2.63. The Hall–Kier alpha value is -1.02. The van der Waals surface area contributed by atoms with Gasteiger partial charge in [-0.3, -0.25) is 4.99 Å². The van der Waals surface area contributed by atoms with Crippen LogP contribution in [0.1, 0.15) is 38.2 Å². The molecule has 0 saturated heterocycles. The summed E-state index contributed by atoms with van der Waals surface area (Å²) in [5, 5.41) is 6.70. The van der Waals surface area contributed by atoms with Crippen LogP contribution in [-0.2, 0) is 11.2 Å².